The molecule has 0 radical (unpaired) electrons. The van der Waals surface area contributed by atoms with E-state index in [1.165, 1.54) is 21.9 Å². The molecule has 2 aromatic rings. The molecule has 2 N–H and O–H groups in total. The number of carbonyl (C=O) groups excluding carboxylic acids is 4. The molecule has 2 bridgehead atoms. The number of benzene rings is 1. The minimum Gasteiger partial charge on any atom is -0.361 e. The Labute approximate surface area is 227 Å². The monoisotopic (exact) mass is 541 g/mol. The van der Waals surface area contributed by atoms with Crippen LogP contribution in [-0.4, -0.2) is 76.8 Å². The minimum absolute atomic E-state index is 0.0552. The number of hydrogen-bond acceptors (Lipinski definition) is 6. The molecule has 3 heterocycles. The van der Waals surface area contributed by atoms with Gasteiger partial charge in [0.2, 0.25) is 17.7 Å². The van der Waals surface area contributed by atoms with Gasteiger partial charge in [-0.2, -0.15) is 0 Å². The number of aryl methyl sites for hydroxylation is 2. The lowest BCUT2D eigenvalue weighted by Crippen LogP contribution is -2.55. The SMILES string of the molecule is Cc1cc(CC(=O)N2CC(=O)NCCCc3ccc(F)c(c3)C(=O)N3CCC[C@H]3C(=O)N[C@H](C(C)C)C2)on1. The molecule has 4 rings (SSSR count). The van der Waals surface area contributed by atoms with Gasteiger partial charge in [0.1, 0.15) is 17.6 Å². The minimum atomic E-state index is -0.748. The maximum atomic E-state index is 14.7. The predicted octanol–water partition coefficient (Wildman–Crippen LogP) is 2.00. The molecule has 10 nitrogen and oxygen atoms in total. The molecule has 1 aromatic heterocycles. The Morgan fingerprint density at radius 3 is 2.72 bits per heavy atom. The Kier molecular flexibility index (Phi) is 8.98. The molecule has 39 heavy (non-hydrogen) atoms. The van der Waals surface area contributed by atoms with Crippen molar-refractivity contribution < 1.29 is 28.1 Å². The fourth-order valence-electron chi connectivity index (χ4n) is 5.03. The molecule has 2 aliphatic rings. The van der Waals surface area contributed by atoms with Crippen LogP contribution in [0.1, 0.15) is 60.5 Å². The number of rotatable bonds is 3. The van der Waals surface area contributed by atoms with Gasteiger partial charge in [-0.15, -0.1) is 0 Å². The third kappa shape index (κ3) is 7.01. The number of nitrogens with one attached hydrogen (secondary N) is 2. The van der Waals surface area contributed by atoms with E-state index >= 15 is 0 Å². The van der Waals surface area contributed by atoms with Crippen LogP contribution in [-0.2, 0) is 27.2 Å². The number of carbonyl (C=O) groups is 4. The highest BCUT2D eigenvalue weighted by Gasteiger charge is 2.37. The van der Waals surface area contributed by atoms with Crippen molar-refractivity contribution in [1.29, 1.82) is 0 Å². The van der Waals surface area contributed by atoms with E-state index in [-0.39, 0.29) is 48.7 Å². The molecule has 4 amide bonds. The van der Waals surface area contributed by atoms with Crippen molar-refractivity contribution in [2.24, 2.45) is 5.92 Å². The molecule has 2 aliphatic heterocycles. The van der Waals surface area contributed by atoms with E-state index in [9.17, 15) is 23.6 Å². The van der Waals surface area contributed by atoms with Gasteiger partial charge >= 0.3 is 0 Å². The first-order valence-corrected chi connectivity index (χ1v) is 13.5. The first kappa shape index (κ1) is 28.3. The van der Waals surface area contributed by atoms with Gasteiger partial charge in [0.25, 0.3) is 5.91 Å². The molecule has 0 spiro atoms. The van der Waals surface area contributed by atoms with Crippen LogP contribution >= 0.6 is 0 Å². The number of nitrogens with zero attached hydrogens (tertiary/aromatic N) is 3. The summed E-state index contributed by atoms with van der Waals surface area (Å²) < 4.78 is 19.9. The first-order chi connectivity index (χ1) is 18.6. The quantitative estimate of drug-likeness (QED) is 0.613. The van der Waals surface area contributed by atoms with Crippen LogP contribution in [0.3, 0.4) is 0 Å². The molecule has 0 saturated carbocycles. The fourth-order valence-corrected chi connectivity index (χ4v) is 5.03. The second-order valence-corrected chi connectivity index (χ2v) is 10.7. The highest BCUT2D eigenvalue weighted by molar-refractivity contribution is 5.98. The van der Waals surface area contributed by atoms with E-state index < -0.39 is 23.8 Å². The zero-order valence-electron chi connectivity index (χ0n) is 22.7. The number of hydrogen-bond donors (Lipinski definition) is 2. The molecule has 1 aromatic carbocycles. The molecule has 2 atom stereocenters. The Morgan fingerprint density at radius 1 is 1.21 bits per heavy atom. The van der Waals surface area contributed by atoms with Gasteiger partial charge in [0, 0.05) is 31.7 Å². The van der Waals surface area contributed by atoms with Gasteiger partial charge in [-0.1, -0.05) is 25.1 Å². The maximum absolute atomic E-state index is 14.7. The van der Waals surface area contributed by atoms with Crippen molar-refractivity contribution in [3.8, 4) is 0 Å². The van der Waals surface area contributed by atoms with E-state index in [1.807, 2.05) is 13.8 Å². The lowest BCUT2D eigenvalue weighted by molar-refractivity contribution is -0.137. The largest absolute Gasteiger partial charge is 0.361 e. The van der Waals surface area contributed by atoms with E-state index in [0.29, 0.717) is 50.2 Å². The van der Waals surface area contributed by atoms with Crippen LogP contribution in [0, 0.1) is 18.7 Å². The van der Waals surface area contributed by atoms with Gasteiger partial charge in [0.15, 0.2) is 0 Å². The van der Waals surface area contributed by atoms with Crippen LogP contribution in [0.4, 0.5) is 4.39 Å². The normalized spacial score (nSPS) is 21.4. The van der Waals surface area contributed by atoms with Crippen molar-refractivity contribution in [3.63, 3.8) is 0 Å². The van der Waals surface area contributed by atoms with Gasteiger partial charge in [-0.3, -0.25) is 19.2 Å². The van der Waals surface area contributed by atoms with Gasteiger partial charge in [-0.25, -0.2) is 4.39 Å². The third-order valence-corrected chi connectivity index (χ3v) is 7.28. The van der Waals surface area contributed by atoms with E-state index in [1.54, 1.807) is 19.1 Å². The Hall–Kier alpha value is -3.76. The summed E-state index contributed by atoms with van der Waals surface area (Å²) in [4.78, 5) is 55.8. The molecule has 0 unspecified atom stereocenters. The fraction of sp³-hybridized carbons (Fsp3) is 0.536. The Bertz CT molecular complexity index is 1230. The average molecular weight is 542 g/mol. The maximum Gasteiger partial charge on any atom is 0.257 e. The van der Waals surface area contributed by atoms with Crippen LogP contribution in [0.25, 0.3) is 0 Å². The standard InChI is InChI=1S/C28H36FN5O5/c1-17(2)23-15-33(26(36)14-20-12-18(3)32-39-20)16-25(35)30-10-4-6-19-8-9-22(29)21(13-19)28(38)34-11-5-7-24(34)27(37)31-23/h8-9,12-13,17,23-24H,4-7,10-11,14-16H2,1-3H3,(H,30,35)(H,31,37)/t23-,24-/m0/s1. The molecule has 1 saturated heterocycles. The summed E-state index contributed by atoms with van der Waals surface area (Å²) in [6.07, 6.45) is 2.10. The number of amides is 4. The van der Waals surface area contributed by atoms with Gasteiger partial charge < -0.3 is 25.0 Å². The Morgan fingerprint density at radius 2 is 2.00 bits per heavy atom. The van der Waals surface area contributed by atoms with Gasteiger partial charge in [0.05, 0.1) is 24.2 Å². The molecular formula is C28H36FN5O5. The average Bonchev–Trinajstić information content (AvgIpc) is 3.54. The van der Waals surface area contributed by atoms with Crippen molar-refractivity contribution in [2.45, 2.75) is 65.0 Å². The second-order valence-electron chi connectivity index (χ2n) is 10.7. The Balaban J connectivity index is 1.61. The zero-order valence-corrected chi connectivity index (χ0v) is 22.7. The first-order valence-electron chi connectivity index (χ1n) is 13.5. The summed E-state index contributed by atoms with van der Waals surface area (Å²) in [5.74, 6) is -1.84. The van der Waals surface area contributed by atoms with E-state index in [2.05, 4.69) is 15.8 Å². The van der Waals surface area contributed by atoms with Crippen molar-refractivity contribution in [1.82, 2.24) is 25.6 Å². The summed E-state index contributed by atoms with van der Waals surface area (Å²) in [6, 6.07) is 4.86. The smallest absolute Gasteiger partial charge is 0.257 e. The lowest BCUT2D eigenvalue weighted by atomic mass is 10.0. The summed E-state index contributed by atoms with van der Waals surface area (Å²) in [6.45, 7) is 6.20. The topological polar surface area (TPSA) is 125 Å². The zero-order chi connectivity index (χ0) is 28.1. The summed E-state index contributed by atoms with van der Waals surface area (Å²) in [7, 11) is 0. The second kappa shape index (κ2) is 12.4. The molecule has 1 fully saturated rings. The van der Waals surface area contributed by atoms with Crippen LogP contribution in [0.2, 0.25) is 0 Å². The highest BCUT2D eigenvalue weighted by Crippen LogP contribution is 2.23. The summed E-state index contributed by atoms with van der Waals surface area (Å²) in [5.41, 5.74) is 1.35. The highest BCUT2D eigenvalue weighted by atomic mass is 19.1. The third-order valence-electron chi connectivity index (χ3n) is 7.28. The van der Waals surface area contributed by atoms with Crippen LogP contribution in [0.5, 0.6) is 0 Å². The molecule has 210 valence electrons. The van der Waals surface area contributed by atoms with Gasteiger partial charge in [-0.05, 0) is 56.2 Å². The lowest BCUT2D eigenvalue weighted by Gasteiger charge is -2.32. The van der Waals surface area contributed by atoms with Crippen LogP contribution in [0.15, 0.2) is 28.8 Å². The van der Waals surface area contributed by atoms with Crippen molar-refractivity contribution >= 4 is 23.6 Å². The summed E-state index contributed by atoms with van der Waals surface area (Å²) >= 11 is 0. The number of halogens is 1. The van der Waals surface area contributed by atoms with E-state index in [4.69, 9.17) is 4.52 Å². The molecule has 0 aliphatic carbocycles. The van der Waals surface area contributed by atoms with Crippen molar-refractivity contribution in [3.05, 3.63) is 52.7 Å². The molecule has 11 heteroatoms. The predicted molar refractivity (Wildman–Crippen MR) is 140 cm³/mol. The van der Waals surface area contributed by atoms with Crippen molar-refractivity contribution in [2.75, 3.05) is 26.2 Å². The number of aromatic nitrogens is 1. The molecular weight excluding hydrogens is 505 g/mol. The van der Waals surface area contributed by atoms with E-state index in [0.717, 1.165) is 5.56 Å². The van der Waals surface area contributed by atoms with Crippen LogP contribution < -0.4 is 10.6 Å². The number of fused-ring (bicyclic) bond motifs is 3. The summed E-state index contributed by atoms with van der Waals surface area (Å²) in [5, 5.41) is 9.67.